The van der Waals surface area contributed by atoms with Crippen LogP contribution in [0.3, 0.4) is 0 Å². The van der Waals surface area contributed by atoms with E-state index in [0.29, 0.717) is 34.5 Å². The van der Waals surface area contributed by atoms with E-state index < -0.39 is 0 Å². The number of nitrogens with two attached hydrogens (primary N) is 1. The van der Waals surface area contributed by atoms with Gasteiger partial charge >= 0.3 is 0 Å². The first-order valence-electron chi connectivity index (χ1n) is 9.66. The van der Waals surface area contributed by atoms with E-state index in [0.717, 1.165) is 25.7 Å². The van der Waals surface area contributed by atoms with Crippen molar-refractivity contribution in [1.29, 1.82) is 5.26 Å². The molecule has 10 heteroatoms. The van der Waals surface area contributed by atoms with Crippen LogP contribution in [0, 0.1) is 11.3 Å². The van der Waals surface area contributed by atoms with Crippen molar-refractivity contribution in [2.45, 2.75) is 37.8 Å². The van der Waals surface area contributed by atoms with Gasteiger partial charge in [0.05, 0.1) is 31.3 Å². The highest BCUT2D eigenvalue weighted by Gasteiger charge is 2.23. The molecule has 0 saturated heterocycles. The molecule has 1 saturated carbocycles. The summed E-state index contributed by atoms with van der Waals surface area (Å²) in [5.74, 6) is 2.12. The molecular weight excluding hydrogens is 384 g/mol. The van der Waals surface area contributed by atoms with Gasteiger partial charge in [-0.15, -0.1) is 0 Å². The van der Waals surface area contributed by atoms with Crippen molar-refractivity contribution >= 4 is 11.6 Å². The SMILES string of the molecule is COc1nccc(O[C@H]2CC[C@H](N)CC2)c1-c1cc(Nc2cnc(C#N)cn2)n[nH]1. The van der Waals surface area contributed by atoms with E-state index in [1.807, 2.05) is 18.2 Å². The number of methoxy groups -OCH3 is 1. The van der Waals surface area contributed by atoms with Crippen molar-refractivity contribution in [2.75, 3.05) is 12.4 Å². The van der Waals surface area contributed by atoms with Gasteiger partial charge < -0.3 is 20.5 Å². The molecule has 0 bridgehead atoms. The Morgan fingerprint density at radius 2 is 2.00 bits per heavy atom. The number of hydrogen-bond acceptors (Lipinski definition) is 9. The topological polar surface area (TPSA) is 148 Å². The Labute approximate surface area is 173 Å². The molecule has 4 rings (SSSR count). The van der Waals surface area contributed by atoms with E-state index in [1.165, 1.54) is 12.4 Å². The minimum absolute atomic E-state index is 0.102. The fourth-order valence-corrected chi connectivity index (χ4v) is 3.41. The van der Waals surface area contributed by atoms with Crippen LogP contribution in [-0.4, -0.2) is 44.4 Å². The van der Waals surface area contributed by atoms with Crippen molar-refractivity contribution < 1.29 is 9.47 Å². The van der Waals surface area contributed by atoms with E-state index in [-0.39, 0.29) is 17.8 Å². The fourth-order valence-electron chi connectivity index (χ4n) is 3.41. The van der Waals surface area contributed by atoms with Gasteiger partial charge in [-0.05, 0) is 31.7 Å². The maximum Gasteiger partial charge on any atom is 0.226 e. The molecule has 3 aromatic heterocycles. The van der Waals surface area contributed by atoms with Gasteiger partial charge in [0.25, 0.3) is 0 Å². The highest BCUT2D eigenvalue weighted by atomic mass is 16.5. The third kappa shape index (κ3) is 4.31. The highest BCUT2D eigenvalue weighted by Crippen LogP contribution is 2.38. The quantitative estimate of drug-likeness (QED) is 0.561. The summed E-state index contributed by atoms with van der Waals surface area (Å²) in [4.78, 5) is 12.4. The Balaban J connectivity index is 1.57. The van der Waals surface area contributed by atoms with Gasteiger partial charge in [-0.3, -0.25) is 5.10 Å². The number of pyridine rings is 1. The number of anilines is 2. The van der Waals surface area contributed by atoms with Crippen LogP contribution in [-0.2, 0) is 0 Å². The van der Waals surface area contributed by atoms with Crippen molar-refractivity contribution in [1.82, 2.24) is 25.1 Å². The molecule has 10 nitrogen and oxygen atoms in total. The van der Waals surface area contributed by atoms with Crippen molar-refractivity contribution in [2.24, 2.45) is 5.73 Å². The molecule has 3 aromatic rings. The van der Waals surface area contributed by atoms with E-state index in [4.69, 9.17) is 20.5 Å². The molecule has 1 aliphatic carbocycles. The summed E-state index contributed by atoms with van der Waals surface area (Å²) in [7, 11) is 1.57. The Morgan fingerprint density at radius 3 is 2.70 bits per heavy atom. The van der Waals surface area contributed by atoms with Gasteiger partial charge in [0, 0.05) is 18.3 Å². The molecule has 30 heavy (non-hydrogen) atoms. The monoisotopic (exact) mass is 406 g/mol. The molecule has 0 aliphatic heterocycles. The number of nitrogens with zero attached hydrogens (tertiary/aromatic N) is 5. The normalized spacial score (nSPS) is 18.4. The van der Waals surface area contributed by atoms with Crippen LogP contribution in [0.1, 0.15) is 31.4 Å². The van der Waals surface area contributed by atoms with E-state index in [9.17, 15) is 0 Å². The summed E-state index contributed by atoms with van der Waals surface area (Å²) in [5.41, 5.74) is 7.63. The largest absolute Gasteiger partial charge is 0.489 e. The molecule has 0 amide bonds. The Hall–Kier alpha value is -3.71. The number of rotatable bonds is 6. The summed E-state index contributed by atoms with van der Waals surface area (Å²) in [6.07, 6.45) is 8.36. The fraction of sp³-hybridized carbons (Fsp3) is 0.350. The first kappa shape index (κ1) is 19.6. The van der Waals surface area contributed by atoms with E-state index in [1.54, 1.807) is 13.3 Å². The van der Waals surface area contributed by atoms with Crippen molar-refractivity contribution in [3.05, 3.63) is 36.4 Å². The van der Waals surface area contributed by atoms with Gasteiger partial charge in [0.2, 0.25) is 5.88 Å². The Morgan fingerprint density at radius 1 is 1.17 bits per heavy atom. The molecule has 4 N–H and O–H groups in total. The molecule has 0 atom stereocenters. The molecular formula is C20H22N8O2. The minimum Gasteiger partial charge on any atom is -0.489 e. The molecule has 0 unspecified atom stereocenters. The van der Waals surface area contributed by atoms with Crippen LogP contribution < -0.4 is 20.5 Å². The van der Waals surface area contributed by atoms with Crippen molar-refractivity contribution in [3.63, 3.8) is 0 Å². The predicted molar refractivity (Wildman–Crippen MR) is 109 cm³/mol. The zero-order valence-corrected chi connectivity index (χ0v) is 16.5. The van der Waals surface area contributed by atoms with Crippen LogP contribution >= 0.6 is 0 Å². The lowest BCUT2D eigenvalue weighted by Gasteiger charge is -2.27. The van der Waals surface area contributed by atoms with Gasteiger partial charge in [0.1, 0.15) is 23.2 Å². The summed E-state index contributed by atoms with van der Waals surface area (Å²) in [6.45, 7) is 0. The third-order valence-corrected chi connectivity index (χ3v) is 4.95. The van der Waals surface area contributed by atoms with Crippen LogP contribution in [0.4, 0.5) is 11.6 Å². The number of H-pyrrole nitrogens is 1. The minimum atomic E-state index is 0.102. The molecule has 1 fully saturated rings. The van der Waals surface area contributed by atoms with Crippen molar-refractivity contribution in [3.8, 4) is 29.0 Å². The lowest BCUT2D eigenvalue weighted by atomic mass is 9.93. The van der Waals surface area contributed by atoms with E-state index in [2.05, 4.69) is 30.5 Å². The zero-order valence-electron chi connectivity index (χ0n) is 16.5. The number of aromatic nitrogens is 5. The number of nitrogens with one attached hydrogen (secondary N) is 2. The zero-order chi connectivity index (χ0) is 20.9. The molecule has 0 radical (unpaired) electrons. The molecule has 0 spiro atoms. The second-order valence-corrected chi connectivity index (χ2v) is 7.04. The van der Waals surface area contributed by atoms with Gasteiger partial charge in [-0.1, -0.05) is 0 Å². The average molecular weight is 406 g/mol. The van der Waals surface area contributed by atoms with Crippen LogP contribution in [0.2, 0.25) is 0 Å². The maximum atomic E-state index is 8.83. The average Bonchev–Trinajstić information content (AvgIpc) is 3.23. The van der Waals surface area contributed by atoms with Crippen LogP contribution in [0.5, 0.6) is 11.6 Å². The highest BCUT2D eigenvalue weighted by molar-refractivity contribution is 5.74. The number of nitriles is 1. The maximum absolute atomic E-state index is 8.83. The second-order valence-electron chi connectivity index (χ2n) is 7.04. The number of ether oxygens (including phenoxy) is 2. The molecule has 3 heterocycles. The molecule has 0 aromatic carbocycles. The third-order valence-electron chi connectivity index (χ3n) is 4.95. The summed E-state index contributed by atoms with van der Waals surface area (Å²) in [5, 5.41) is 19.1. The molecule has 1 aliphatic rings. The number of aromatic amines is 1. The predicted octanol–water partition coefficient (Wildman–Crippen LogP) is 2.53. The Bertz CT molecular complexity index is 1040. The van der Waals surface area contributed by atoms with Crippen LogP contribution in [0.15, 0.2) is 30.7 Å². The number of hydrogen-bond donors (Lipinski definition) is 3. The lowest BCUT2D eigenvalue weighted by molar-refractivity contribution is 0.147. The van der Waals surface area contributed by atoms with Crippen LogP contribution in [0.25, 0.3) is 11.3 Å². The van der Waals surface area contributed by atoms with Gasteiger partial charge in [-0.25, -0.2) is 15.0 Å². The summed E-state index contributed by atoms with van der Waals surface area (Å²) >= 11 is 0. The smallest absolute Gasteiger partial charge is 0.226 e. The lowest BCUT2D eigenvalue weighted by Crippen LogP contribution is -2.31. The first-order valence-corrected chi connectivity index (χ1v) is 9.66. The standard InChI is InChI=1S/C20H22N8O2/c1-29-20-19(16(6-7-23-20)30-14-4-2-12(22)3-5-14)15-8-17(28-27-15)26-18-11-24-13(9-21)10-25-18/h6-8,10-12,14H,2-5,22H2,1H3,(H2,25,26,27,28)/t12-,14-. The van der Waals surface area contributed by atoms with E-state index >= 15 is 0 Å². The molecule has 154 valence electrons. The summed E-state index contributed by atoms with van der Waals surface area (Å²) < 4.78 is 11.8. The second kappa shape index (κ2) is 8.75. The first-order chi connectivity index (χ1) is 14.7. The Kier molecular flexibility index (Phi) is 5.72. The van der Waals surface area contributed by atoms with Gasteiger partial charge in [0.15, 0.2) is 11.5 Å². The summed E-state index contributed by atoms with van der Waals surface area (Å²) in [6, 6.07) is 5.82. The van der Waals surface area contributed by atoms with Gasteiger partial charge in [-0.2, -0.15) is 10.4 Å².